The topological polar surface area (TPSA) is 35.6 Å². The highest BCUT2D eigenvalue weighted by atomic mass is 35.5. The van der Waals surface area contributed by atoms with E-state index in [1.54, 1.807) is 0 Å². The summed E-state index contributed by atoms with van der Waals surface area (Å²) >= 11 is 0. The van der Waals surface area contributed by atoms with Gasteiger partial charge < -0.3 is 10.2 Å². The first-order valence-electron chi connectivity index (χ1n) is 9.45. The van der Waals surface area contributed by atoms with E-state index in [9.17, 15) is 4.79 Å². The van der Waals surface area contributed by atoms with Gasteiger partial charge in [-0.1, -0.05) is 30.3 Å². The molecule has 0 aliphatic carbocycles. The number of hydrogen-bond donors (Lipinski definition) is 1. The Morgan fingerprint density at radius 1 is 1.08 bits per heavy atom. The summed E-state index contributed by atoms with van der Waals surface area (Å²) in [5.41, 5.74) is 1.38. The second-order valence-corrected chi connectivity index (χ2v) is 7.40. The van der Waals surface area contributed by atoms with Crippen LogP contribution in [0.15, 0.2) is 30.3 Å². The normalized spacial score (nSPS) is 19.3. The molecule has 3 rings (SSSR count). The molecule has 2 aliphatic heterocycles. The van der Waals surface area contributed by atoms with Crippen molar-refractivity contribution < 1.29 is 4.79 Å². The molecule has 0 unspecified atom stereocenters. The summed E-state index contributed by atoms with van der Waals surface area (Å²) in [5, 5.41) is 3.37. The zero-order valence-electron chi connectivity index (χ0n) is 15.7. The number of likely N-dealkylation sites (tertiary alicyclic amines) is 1. The molecule has 0 bridgehead atoms. The van der Waals surface area contributed by atoms with Gasteiger partial charge in [-0.25, -0.2) is 0 Å². The van der Waals surface area contributed by atoms with Gasteiger partial charge in [0.05, 0.1) is 0 Å². The van der Waals surface area contributed by atoms with Crippen molar-refractivity contribution in [1.29, 1.82) is 0 Å². The fourth-order valence-electron chi connectivity index (χ4n) is 3.99. The smallest absolute Gasteiger partial charge is 0.222 e. The Balaban J connectivity index is 0.00000169. The second-order valence-electron chi connectivity index (χ2n) is 7.40. The molecule has 2 saturated heterocycles. The minimum absolute atomic E-state index is 0. The highest BCUT2D eigenvalue weighted by Crippen LogP contribution is 2.21. The highest BCUT2D eigenvalue weighted by Gasteiger charge is 2.27. The summed E-state index contributed by atoms with van der Waals surface area (Å²) in [4.78, 5) is 17.1. The summed E-state index contributed by atoms with van der Waals surface area (Å²) in [6.45, 7) is 5.34. The van der Waals surface area contributed by atoms with E-state index < -0.39 is 0 Å². The van der Waals surface area contributed by atoms with E-state index in [2.05, 4.69) is 40.5 Å². The van der Waals surface area contributed by atoms with Crippen molar-refractivity contribution in [3.05, 3.63) is 35.9 Å². The number of nitrogens with one attached hydrogen (secondary N) is 1. The molecule has 148 valence electrons. The Bertz CT molecular complexity index is 515. The lowest BCUT2D eigenvalue weighted by Gasteiger charge is -2.37. The average molecular weight is 402 g/mol. The largest absolute Gasteiger partial charge is 0.343 e. The van der Waals surface area contributed by atoms with Crippen molar-refractivity contribution in [3.63, 3.8) is 0 Å². The molecule has 0 spiro atoms. The molecule has 0 radical (unpaired) electrons. The molecule has 2 fully saturated rings. The Hall–Kier alpha value is -0.810. The molecule has 6 heteroatoms. The van der Waals surface area contributed by atoms with E-state index in [1.807, 2.05) is 11.9 Å². The molecular formula is C20H33Cl2N3O. The number of amides is 1. The van der Waals surface area contributed by atoms with Crippen LogP contribution < -0.4 is 5.32 Å². The number of nitrogens with zero attached hydrogens (tertiary/aromatic N) is 2. The standard InChI is InChI=1S/C20H31N3O.2ClH/c1-22(20(24)15-17-7-11-21-12-8-17)19-9-13-23(14-10-19)16-18-5-3-2-4-6-18;;/h2-6,17,19,21H,7-16H2,1H3;2*1H. The number of hydrogen-bond acceptors (Lipinski definition) is 3. The molecule has 26 heavy (non-hydrogen) atoms. The predicted octanol–water partition coefficient (Wildman–Crippen LogP) is 3.34. The van der Waals surface area contributed by atoms with Gasteiger partial charge in [0.15, 0.2) is 0 Å². The Kier molecular flexibility index (Phi) is 10.6. The second kappa shape index (κ2) is 11.8. The van der Waals surface area contributed by atoms with Crippen molar-refractivity contribution in [2.75, 3.05) is 33.2 Å². The molecule has 0 aromatic heterocycles. The zero-order valence-corrected chi connectivity index (χ0v) is 17.4. The van der Waals surface area contributed by atoms with Crippen LogP contribution in [-0.4, -0.2) is 55.0 Å². The van der Waals surface area contributed by atoms with Crippen LogP contribution >= 0.6 is 24.8 Å². The molecule has 4 nitrogen and oxygen atoms in total. The lowest BCUT2D eigenvalue weighted by Crippen LogP contribution is -2.46. The minimum Gasteiger partial charge on any atom is -0.343 e. The fraction of sp³-hybridized carbons (Fsp3) is 0.650. The van der Waals surface area contributed by atoms with Gasteiger partial charge in [0.1, 0.15) is 0 Å². The Labute approximate surface area is 170 Å². The van der Waals surface area contributed by atoms with Gasteiger partial charge in [-0.15, -0.1) is 24.8 Å². The summed E-state index contributed by atoms with van der Waals surface area (Å²) in [6, 6.07) is 11.1. The van der Waals surface area contributed by atoms with E-state index in [1.165, 1.54) is 5.56 Å². The quantitative estimate of drug-likeness (QED) is 0.821. The van der Waals surface area contributed by atoms with E-state index in [0.717, 1.165) is 64.8 Å². The van der Waals surface area contributed by atoms with Crippen LogP contribution in [0.2, 0.25) is 0 Å². The zero-order chi connectivity index (χ0) is 16.8. The van der Waals surface area contributed by atoms with Gasteiger partial charge in [0.2, 0.25) is 5.91 Å². The van der Waals surface area contributed by atoms with Crippen molar-refractivity contribution in [1.82, 2.24) is 15.1 Å². The molecular weight excluding hydrogens is 369 g/mol. The number of benzene rings is 1. The lowest BCUT2D eigenvalue weighted by atomic mass is 9.93. The van der Waals surface area contributed by atoms with Crippen LogP contribution in [0, 0.1) is 5.92 Å². The van der Waals surface area contributed by atoms with Crippen LogP contribution in [0.5, 0.6) is 0 Å². The monoisotopic (exact) mass is 401 g/mol. The first kappa shape index (κ1) is 23.2. The highest BCUT2D eigenvalue weighted by molar-refractivity contribution is 5.85. The van der Waals surface area contributed by atoms with E-state index in [0.29, 0.717) is 17.9 Å². The Morgan fingerprint density at radius 3 is 2.31 bits per heavy atom. The molecule has 1 amide bonds. The first-order chi connectivity index (χ1) is 11.7. The maximum absolute atomic E-state index is 12.6. The minimum atomic E-state index is 0. The third-order valence-electron chi connectivity index (χ3n) is 5.67. The van der Waals surface area contributed by atoms with Crippen LogP contribution in [0.1, 0.15) is 37.7 Å². The van der Waals surface area contributed by atoms with Gasteiger partial charge in [0, 0.05) is 39.1 Å². The van der Waals surface area contributed by atoms with E-state index in [-0.39, 0.29) is 24.8 Å². The van der Waals surface area contributed by atoms with Gasteiger partial charge in [-0.05, 0) is 50.3 Å². The Morgan fingerprint density at radius 2 is 1.69 bits per heavy atom. The van der Waals surface area contributed by atoms with Crippen LogP contribution in [0.4, 0.5) is 0 Å². The maximum Gasteiger partial charge on any atom is 0.222 e. The molecule has 1 N–H and O–H groups in total. The molecule has 0 saturated carbocycles. The van der Waals surface area contributed by atoms with Gasteiger partial charge >= 0.3 is 0 Å². The molecule has 1 aromatic rings. The lowest BCUT2D eigenvalue weighted by molar-refractivity contribution is -0.134. The average Bonchev–Trinajstić information content (AvgIpc) is 2.63. The molecule has 0 atom stereocenters. The van der Waals surface area contributed by atoms with Gasteiger partial charge in [-0.2, -0.15) is 0 Å². The van der Waals surface area contributed by atoms with Crippen LogP contribution in [0.25, 0.3) is 0 Å². The number of rotatable bonds is 5. The maximum atomic E-state index is 12.6. The van der Waals surface area contributed by atoms with Crippen molar-refractivity contribution >= 4 is 30.7 Å². The van der Waals surface area contributed by atoms with Crippen LogP contribution in [0.3, 0.4) is 0 Å². The molecule has 2 heterocycles. The predicted molar refractivity (Wildman–Crippen MR) is 112 cm³/mol. The summed E-state index contributed by atoms with van der Waals surface area (Å²) in [6.07, 6.45) is 5.23. The number of piperidine rings is 2. The van der Waals surface area contributed by atoms with Crippen molar-refractivity contribution in [2.24, 2.45) is 5.92 Å². The van der Waals surface area contributed by atoms with Gasteiger partial charge in [0.25, 0.3) is 0 Å². The fourth-order valence-corrected chi connectivity index (χ4v) is 3.99. The molecule has 1 aromatic carbocycles. The SMILES string of the molecule is CN(C(=O)CC1CCNCC1)C1CCN(Cc2ccccc2)CC1.Cl.Cl. The van der Waals surface area contributed by atoms with E-state index >= 15 is 0 Å². The summed E-state index contributed by atoms with van der Waals surface area (Å²) < 4.78 is 0. The third-order valence-corrected chi connectivity index (χ3v) is 5.67. The van der Waals surface area contributed by atoms with E-state index in [4.69, 9.17) is 0 Å². The summed E-state index contributed by atoms with van der Waals surface area (Å²) in [5.74, 6) is 0.933. The summed E-state index contributed by atoms with van der Waals surface area (Å²) in [7, 11) is 2.01. The number of halogens is 2. The molecule has 2 aliphatic rings. The van der Waals surface area contributed by atoms with Crippen molar-refractivity contribution in [2.45, 2.75) is 44.7 Å². The third kappa shape index (κ3) is 6.73. The van der Waals surface area contributed by atoms with Crippen LogP contribution in [-0.2, 0) is 11.3 Å². The van der Waals surface area contributed by atoms with Gasteiger partial charge in [-0.3, -0.25) is 9.69 Å². The number of carbonyl (C=O) groups excluding carboxylic acids is 1. The first-order valence-corrected chi connectivity index (χ1v) is 9.45. The number of carbonyl (C=O) groups is 1. The van der Waals surface area contributed by atoms with Crippen molar-refractivity contribution in [3.8, 4) is 0 Å².